The maximum Gasteiger partial charge on any atom is 0.328 e. The van der Waals surface area contributed by atoms with E-state index in [0.717, 1.165) is 6.92 Å². The van der Waals surface area contributed by atoms with Crippen LogP contribution in [0.4, 0.5) is 0 Å². The molecule has 0 heterocycles. The summed E-state index contributed by atoms with van der Waals surface area (Å²) in [5.74, 6) is -3.98. The molecule has 0 bridgehead atoms. The Labute approximate surface area is 202 Å². The molecule has 0 saturated heterocycles. The molecule has 0 aromatic heterocycles. The summed E-state index contributed by atoms with van der Waals surface area (Å²) in [6.07, 6.45) is 0.164. The number of aliphatic hydroxyl groups excluding tert-OH is 2. The Hall–Kier alpha value is -3.26. The highest BCUT2D eigenvalue weighted by Crippen LogP contribution is 2.12. The number of aliphatic hydroxyl groups is 2. The standard InChI is InChI=1S/C22H35N5O8/c1-12(29)18(22(34)35)27-21(33)17(11-28)26-20(32)16(10-13-5-7-14(30)8-6-13)25-19(31)15(24)4-2-3-9-23/h5-8,12,15-18,28-30H,2-4,9-11,23-24H2,1H3,(H,25,31)(H,26,32)(H,27,33)(H,34,35). The fourth-order valence-electron chi connectivity index (χ4n) is 3.10. The van der Waals surface area contributed by atoms with Gasteiger partial charge in [-0.1, -0.05) is 18.6 Å². The van der Waals surface area contributed by atoms with Crippen LogP contribution in [0.2, 0.25) is 0 Å². The van der Waals surface area contributed by atoms with Gasteiger partial charge in [0.05, 0.1) is 18.8 Å². The highest BCUT2D eigenvalue weighted by Gasteiger charge is 2.31. The number of aliphatic carboxylic acids is 1. The zero-order chi connectivity index (χ0) is 26.5. The van der Waals surface area contributed by atoms with E-state index in [4.69, 9.17) is 16.6 Å². The number of phenols is 1. The first kappa shape index (κ1) is 29.8. The van der Waals surface area contributed by atoms with Crippen molar-refractivity contribution in [2.24, 2.45) is 11.5 Å². The Kier molecular flexibility index (Phi) is 12.7. The van der Waals surface area contributed by atoms with Crippen LogP contribution in [0.5, 0.6) is 5.75 Å². The van der Waals surface area contributed by atoms with Crippen LogP contribution in [0.25, 0.3) is 0 Å². The van der Waals surface area contributed by atoms with Gasteiger partial charge in [-0.2, -0.15) is 0 Å². The van der Waals surface area contributed by atoms with Crippen LogP contribution in [-0.4, -0.2) is 87.5 Å². The Morgan fingerprint density at radius 2 is 1.51 bits per heavy atom. The number of nitrogens with two attached hydrogens (primary N) is 2. The van der Waals surface area contributed by atoms with Gasteiger partial charge >= 0.3 is 5.97 Å². The van der Waals surface area contributed by atoms with Crippen molar-refractivity contribution in [1.82, 2.24) is 16.0 Å². The number of rotatable bonds is 15. The number of hydrogen-bond donors (Lipinski definition) is 9. The molecular formula is C22H35N5O8. The van der Waals surface area contributed by atoms with Gasteiger partial charge in [-0.05, 0) is 44.0 Å². The monoisotopic (exact) mass is 497 g/mol. The summed E-state index contributed by atoms with van der Waals surface area (Å²) >= 11 is 0. The van der Waals surface area contributed by atoms with E-state index in [1.54, 1.807) is 12.1 Å². The van der Waals surface area contributed by atoms with Crippen LogP contribution >= 0.6 is 0 Å². The summed E-state index contributed by atoms with van der Waals surface area (Å²) < 4.78 is 0. The first-order chi connectivity index (χ1) is 16.5. The normalized spacial score (nSPS) is 15.2. The Morgan fingerprint density at radius 1 is 0.943 bits per heavy atom. The molecule has 35 heavy (non-hydrogen) atoms. The molecule has 0 radical (unpaired) electrons. The molecule has 13 nitrogen and oxygen atoms in total. The average Bonchev–Trinajstić information content (AvgIpc) is 2.81. The zero-order valence-corrected chi connectivity index (χ0v) is 19.5. The minimum Gasteiger partial charge on any atom is -0.508 e. The van der Waals surface area contributed by atoms with Gasteiger partial charge in [-0.3, -0.25) is 14.4 Å². The molecule has 5 unspecified atom stereocenters. The number of carboxylic acid groups (broad SMARTS) is 1. The number of carboxylic acids is 1. The van der Waals surface area contributed by atoms with Crippen molar-refractivity contribution in [1.29, 1.82) is 0 Å². The summed E-state index contributed by atoms with van der Waals surface area (Å²) in [5, 5.41) is 44.6. The molecule has 0 aliphatic heterocycles. The number of benzene rings is 1. The van der Waals surface area contributed by atoms with Gasteiger partial charge in [0.1, 0.15) is 17.8 Å². The van der Waals surface area contributed by atoms with Crippen LogP contribution in [0.3, 0.4) is 0 Å². The molecule has 13 heteroatoms. The fraction of sp³-hybridized carbons (Fsp3) is 0.545. The summed E-state index contributed by atoms with van der Waals surface area (Å²) in [5.41, 5.74) is 11.9. The van der Waals surface area contributed by atoms with E-state index in [-0.39, 0.29) is 12.2 Å². The van der Waals surface area contributed by atoms with E-state index in [1.165, 1.54) is 12.1 Å². The lowest BCUT2D eigenvalue weighted by molar-refractivity contribution is -0.145. The van der Waals surface area contributed by atoms with Crippen molar-refractivity contribution in [3.63, 3.8) is 0 Å². The number of aromatic hydroxyl groups is 1. The van der Waals surface area contributed by atoms with E-state index in [9.17, 15) is 34.5 Å². The van der Waals surface area contributed by atoms with Crippen molar-refractivity contribution in [3.8, 4) is 5.75 Å². The third-order valence-electron chi connectivity index (χ3n) is 5.18. The molecule has 11 N–H and O–H groups in total. The average molecular weight is 498 g/mol. The van der Waals surface area contributed by atoms with E-state index >= 15 is 0 Å². The number of unbranched alkanes of at least 4 members (excludes halogenated alkanes) is 1. The summed E-state index contributed by atoms with van der Waals surface area (Å²) in [6.45, 7) is 0.733. The van der Waals surface area contributed by atoms with Gasteiger partial charge in [-0.15, -0.1) is 0 Å². The predicted octanol–water partition coefficient (Wildman–Crippen LogP) is -2.70. The fourth-order valence-corrected chi connectivity index (χ4v) is 3.10. The molecule has 1 aromatic rings. The Morgan fingerprint density at radius 3 is 2.03 bits per heavy atom. The molecular weight excluding hydrogens is 462 g/mol. The molecule has 5 atom stereocenters. The van der Waals surface area contributed by atoms with Crippen LogP contribution in [-0.2, 0) is 25.6 Å². The van der Waals surface area contributed by atoms with Gasteiger partial charge in [0, 0.05) is 6.42 Å². The number of amides is 3. The number of carbonyl (C=O) groups excluding carboxylic acids is 3. The van der Waals surface area contributed by atoms with Crippen molar-refractivity contribution >= 4 is 23.7 Å². The largest absolute Gasteiger partial charge is 0.508 e. The number of nitrogens with one attached hydrogen (secondary N) is 3. The molecule has 0 spiro atoms. The minimum atomic E-state index is -1.66. The van der Waals surface area contributed by atoms with Crippen LogP contribution in [0, 0.1) is 0 Å². The summed E-state index contributed by atoms with van der Waals surface area (Å²) in [7, 11) is 0. The zero-order valence-electron chi connectivity index (χ0n) is 19.5. The van der Waals surface area contributed by atoms with Gasteiger partial charge in [0.15, 0.2) is 6.04 Å². The molecule has 1 rings (SSSR count). The molecule has 3 amide bonds. The minimum absolute atomic E-state index is 0.00354. The van der Waals surface area contributed by atoms with Crippen molar-refractivity contribution in [2.45, 2.75) is 62.9 Å². The third kappa shape index (κ3) is 10.3. The molecule has 1 aromatic carbocycles. The van der Waals surface area contributed by atoms with Gasteiger partial charge in [0.25, 0.3) is 0 Å². The highest BCUT2D eigenvalue weighted by atomic mass is 16.4. The van der Waals surface area contributed by atoms with Crippen LogP contribution in [0.1, 0.15) is 31.7 Å². The molecule has 196 valence electrons. The molecule has 0 aliphatic carbocycles. The van der Waals surface area contributed by atoms with Crippen molar-refractivity contribution in [2.75, 3.05) is 13.2 Å². The number of phenolic OH excluding ortho intramolecular Hbond substituents is 1. The predicted molar refractivity (Wildman–Crippen MR) is 125 cm³/mol. The highest BCUT2D eigenvalue weighted by molar-refractivity contribution is 5.94. The third-order valence-corrected chi connectivity index (χ3v) is 5.18. The van der Waals surface area contributed by atoms with Crippen LogP contribution in [0.15, 0.2) is 24.3 Å². The summed E-state index contributed by atoms with van der Waals surface area (Å²) in [6, 6.07) is 0.553. The van der Waals surface area contributed by atoms with E-state index < -0.39 is 60.6 Å². The van der Waals surface area contributed by atoms with Crippen molar-refractivity contribution < 1.29 is 39.6 Å². The lowest BCUT2D eigenvalue weighted by Crippen LogP contribution is -2.59. The number of hydrogen-bond acceptors (Lipinski definition) is 9. The van der Waals surface area contributed by atoms with Crippen LogP contribution < -0.4 is 27.4 Å². The van der Waals surface area contributed by atoms with Crippen molar-refractivity contribution in [3.05, 3.63) is 29.8 Å². The second-order valence-corrected chi connectivity index (χ2v) is 8.13. The molecule has 0 fully saturated rings. The lowest BCUT2D eigenvalue weighted by atomic mass is 10.0. The van der Waals surface area contributed by atoms with Gasteiger partial charge in [-0.25, -0.2) is 4.79 Å². The second-order valence-electron chi connectivity index (χ2n) is 8.13. The van der Waals surface area contributed by atoms with E-state index in [1.807, 2.05) is 5.32 Å². The molecule has 0 aliphatic rings. The maximum atomic E-state index is 13.0. The quantitative estimate of drug-likeness (QED) is 0.114. The first-order valence-electron chi connectivity index (χ1n) is 11.2. The van der Waals surface area contributed by atoms with Gasteiger partial charge < -0.3 is 47.8 Å². The lowest BCUT2D eigenvalue weighted by Gasteiger charge is -2.25. The second kappa shape index (κ2) is 14.9. The summed E-state index contributed by atoms with van der Waals surface area (Å²) in [4.78, 5) is 49.2. The SMILES string of the molecule is CC(O)C(NC(=O)C(CO)NC(=O)C(Cc1ccc(O)cc1)NC(=O)C(N)CCCCN)C(=O)O. The molecule has 0 saturated carbocycles. The Balaban J connectivity index is 2.99. The topological polar surface area (TPSA) is 237 Å². The Bertz CT molecular complexity index is 849. The maximum absolute atomic E-state index is 13.0. The van der Waals surface area contributed by atoms with E-state index in [2.05, 4.69) is 10.6 Å². The van der Waals surface area contributed by atoms with Gasteiger partial charge in [0.2, 0.25) is 17.7 Å². The smallest absolute Gasteiger partial charge is 0.328 e. The number of carbonyl (C=O) groups is 4. The van der Waals surface area contributed by atoms with E-state index in [0.29, 0.717) is 31.4 Å². The first-order valence-corrected chi connectivity index (χ1v) is 11.2.